The minimum absolute atomic E-state index is 0.212. The van der Waals surface area contributed by atoms with E-state index in [1.54, 1.807) is 11.3 Å². The van der Waals surface area contributed by atoms with Crippen LogP contribution in [0.1, 0.15) is 18.9 Å². The Bertz CT molecular complexity index is 437. The van der Waals surface area contributed by atoms with E-state index in [2.05, 4.69) is 10.3 Å². The summed E-state index contributed by atoms with van der Waals surface area (Å²) in [4.78, 5) is 4.22. The maximum Gasteiger partial charge on any atom is 0.119 e. The number of aromatic nitrogens is 1. The maximum atomic E-state index is 5.58. The van der Waals surface area contributed by atoms with E-state index in [0.29, 0.717) is 0 Å². The minimum atomic E-state index is 0.212. The van der Waals surface area contributed by atoms with Crippen LogP contribution in [0.4, 0.5) is 5.69 Å². The van der Waals surface area contributed by atoms with Crippen molar-refractivity contribution >= 4 is 17.0 Å². The molecule has 17 heavy (non-hydrogen) atoms. The molecule has 0 amide bonds. The molecule has 4 heteroatoms. The molecule has 2 aromatic rings. The molecule has 3 nitrogen and oxygen atoms in total. The van der Waals surface area contributed by atoms with Crippen LogP contribution in [-0.4, -0.2) is 11.1 Å². The Balaban J connectivity index is 1.89. The summed E-state index contributed by atoms with van der Waals surface area (Å²) in [5, 5.41) is 6.39. The Morgan fingerprint density at radius 3 is 2.65 bits per heavy atom. The molecular weight excluding hydrogens is 232 g/mol. The summed E-state index contributed by atoms with van der Waals surface area (Å²) in [7, 11) is 0. The van der Waals surface area contributed by atoms with Crippen LogP contribution in [0, 0.1) is 0 Å². The van der Waals surface area contributed by atoms with Crippen LogP contribution in [0.5, 0.6) is 5.75 Å². The van der Waals surface area contributed by atoms with Crippen molar-refractivity contribution in [3.05, 3.63) is 40.8 Å². The summed E-state index contributed by atoms with van der Waals surface area (Å²) >= 11 is 1.66. The second-order valence-corrected chi connectivity index (χ2v) is 4.95. The van der Waals surface area contributed by atoms with Crippen LogP contribution in [0.15, 0.2) is 35.8 Å². The number of rotatable bonds is 5. The van der Waals surface area contributed by atoms with Gasteiger partial charge in [0.05, 0.1) is 12.6 Å². The van der Waals surface area contributed by atoms with E-state index < -0.39 is 0 Å². The zero-order valence-electron chi connectivity index (χ0n) is 10.0. The number of thiazole rings is 1. The van der Waals surface area contributed by atoms with Crippen molar-refractivity contribution in [3.8, 4) is 5.75 Å². The van der Waals surface area contributed by atoms with Crippen molar-refractivity contribution in [3.63, 3.8) is 0 Å². The molecule has 0 bridgehead atoms. The van der Waals surface area contributed by atoms with E-state index >= 15 is 0 Å². The third-order valence-corrected chi connectivity index (χ3v) is 2.93. The third-order valence-electron chi connectivity index (χ3n) is 2.15. The zero-order chi connectivity index (χ0) is 12.1. The lowest BCUT2D eigenvalue weighted by Gasteiger charge is -2.10. The Kier molecular flexibility index (Phi) is 3.98. The fourth-order valence-corrected chi connectivity index (χ4v) is 2.00. The molecule has 0 fully saturated rings. The predicted octanol–water partition coefficient (Wildman–Crippen LogP) is 3.54. The summed E-state index contributed by atoms with van der Waals surface area (Å²) in [6.45, 7) is 4.81. The van der Waals surface area contributed by atoms with E-state index in [4.69, 9.17) is 4.74 Å². The second-order valence-electron chi connectivity index (χ2n) is 3.97. The average Bonchev–Trinajstić information content (AvgIpc) is 2.80. The first kappa shape index (κ1) is 11.9. The van der Waals surface area contributed by atoms with Crippen molar-refractivity contribution < 1.29 is 4.74 Å². The smallest absolute Gasteiger partial charge is 0.119 e. The molecule has 0 aliphatic carbocycles. The third kappa shape index (κ3) is 3.75. The van der Waals surface area contributed by atoms with Gasteiger partial charge in [0, 0.05) is 17.3 Å². The standard InChI is InChI=1S/C13H16N2OS/c1-10(2)16-12-5-3-11(4-6-12)15-9-13-14-7-8-17-13/h3-8,10,15H,9H2,1-2H3. The lowest BCUT2D eigenvalue weighted by Crippen LogP contribution is -2.05. The highest BCUT2D eigenvalue weighted by atomic mass is 32.1. The number of ether oxygens (including phenoxy) is 1. The second kappa shape index (κ2) is 5.68. The van der Waals surface area contributed by atoms with Crippen LogP contribution in [0.25, 0.3) is 0 Å². The first-order chi connectivity index (χ1) is 8.24. The Labute approximate surface area is 105 Å². The molecule has 0 aliphatic heterocycles. The normalized spacial score (nSPS) is 10.5. The first-order valence-electron chi connectivity index (χ1n) is 5.63. The molecule has 1 N–H and O–H groups in total. The monoisotopic (exact) mass is 248 g/mol. The molecule has 0 radical (unpaired) electrons. The van der Waals surface area contributed by atoms with E-state index in [9.17, 15) is 0 Å². The molecule has 0 saturated carbocycles. The van der Waals surface area contributed by atoms with Crippen molar-refractivity contribution in [2.45, 2.75) is 26.5 Å². The molecule has 0 spiro atoms. The van der Waals surface area contributed by atoms with E-state index in [1.165, 1.54) is 0 Å². The molecule has 0 unspecified atom stereocenters. The number of benzene rings is 1. The van der Waals surface area contributed by atoms with Crippen molar-refractivity contribution in [2.24, 2.45) is 0 Å². The van der Waals surface area contributed by atoms with Gasteiger partial charge in [-0.25, -0.2) is 4.98 Å². The number of anilines is 1. The van der Waals surface area contributed by atoms with Gasteiger partial charge < -0.3 is 10.1 Å². The molecule has 1 heterocycles. The van der Waals surface area contributed by atoms with Crippen molar-refractivity contribution in [1.82, 2.24) is 4.98 Å². The Hall–Kier alpha value is -1.55. The molecule has 2 rings (SSSR count). The molecule has 1 aromatic heterocycles. The van der Waals surface area contributed by atoms with Gasteiger partial charge in [-0.05, 0) is 38.1 Å². The van der Waals surface area contributed by atoms with E-state index in [0.717, 1.165) is 23.0 Å². The van der Waals surface area contributed by atoms with Crippen LogP contribution < -0.4 is 10.1 Å². The Morgan fingerprint density at radius 1 is 1.29 bits per heavy atom. The van der Waals surface area contributed by atoms with Gasteiger partial charge in [0.25, 0.3) is 0 Å². The van der Waals surface area contributed by atoms with Crippen LogP contribution >= 0.6 is 11.3 Å². The average molecular weight is 248 g/mol. The minimum Gasteiger partial charge on any atom is -0.491 e. The topological polar surface area (TPSA) is 34.1 Å². The molecule has 0 saturated heterocycles. The fourth-order valence-electron chi connectivity index (χ4n) is 1.44. The molecule has 0 atom stereocenters. The number of nitrogens with one attached hydrogen (secondary N) is 1. The number of nitrogens with zero attached hydrogens (tertiary/aromatic N) is 1. The maximum absolute atomic E-state index is 5.58. The van der Waals surface area contributed by atoms with Crippen molar-refractivity contribution in [2.75, 3.05) is 5.32 Å². The zero-order valence-corrected chi connectivity index (χ0v) is 10.8. The molecular formula is C13H16N2OS. The van der Waals surface area contributed by atoms with Crippen molar-refractivity contribution in [1.29, 1.82) is 0 Å². The van der Waals surface area contributed by atoms with Gasteiger partial charge >= 0.3 is 0 Å². The number of hydrogen-bond donors (Lipinski definition) is 1. The van der Waals surface area contributed by atoms with Gasteiger partial charge in [0.15, 0.2) is 0 Å². The van der Waals surface area contributed by atoms with Gasteiger partial charge in [-0.15, -0.1) is 11.3 Å². The van der Waals surface area contributed by atoms with Gasteiger partial charge in [0.2, 0.25) is 0 Å². The predicted molar refractivity (Wildman–Crippen MR) is 71.6 cm³/mol. The summed E-state index contributed by atoms with van der Waals surface area (Å²) in [5.74, 6) is 0.903. The highest BCUT2D eigenvalue weighted by molar-refractivity contribution is 7.09. The number of hydrogen-bond acceptors (Lipinski definition) is 4. The summed E-state index contributed by atoms with van der Waals surface area (Å²) < 4.78 is 5.58. The first-order valence-corrected chi connectivity index (χ1v) is 6.51. The highest BCUT2D eigenvalue weighted by Crippen LogP contribution is 2.17. The lowest BCUT2D eigenvalue weighted by atomic mass is 10.3. The molecule has 1 aromatic carbocycles. The van der Waals surface area contributed by atoms with Gasteiger partial charge in [-0.2, -0.15) is 0 Å². The largest absolute Gasteiger partial charge is 0.491 e. The summed E-state index contributed by atoms with van der Waals surface area (Å²) in [6, 6.07) is 7.99. The van der Waals surface area contributed by atoms with Gasteiger partial charge in [0.1, 0.15) is 10.8 Å². The quantitative estimate of drug-likeness (QED) is 0.878. The molecule has 0 aliphatic rings. The van der Waals surface area contributed by atoms with Gasteiger partial charge in [-0.1, -0.05) is 0 Å². The van der Waals surface area contributed by atoms with Gasteiger partial charge in [-0.3, -0.25) is 0 Å². The SMILES string of the molecule is CC(C)Oc1ccc(NCc2nccs2)cc1. The summed E-state index contributed by atoms with van der Waals surface area (Å²) in [5.41, 5.74) is 1.08. The highest BCUT2D eigenvalue weighted by Gasteiger charge is 1.99. The van der Waals surface area contributed by atoms with Crippen LogP contribution in [0.2, 0.25) is 0 Å². The Morgan fingerprint density at radius 2 is 2.06 bits per heavy atom. The molecule has 90 valence electrons. The summed E-state index contributed by atoms with van der Waals surface area (Å²) in [6.07, 6.45) is 2.03. The lowest BCUT2D eigenvalue weighted by molar-refractivity contribution is 0.242. The van der Waals surface area contributed by atoms with E-state index in [-0.39, 0.29) is 6.10 Å². The van der Waals surface area contributed by atoms with E-state index in [1.807, 2.05) is 49.7 Å². The fraction of sp³-hybridized carbons (Fsp3) is 0.308. The van der Waals surface area contributed by atoms with Crippen LogP contribution in [0.3, 0.4) is 0 Å². The van der Waals surface area contributed by atoms with Crippen LogP contribution in [-0.2, 0) is 6.54 Å².